The van der Waals surface area contributed by atoms with E-state index in [4.69, 9.17) is 9.47 Å². The molecular weight excluding hydrogens is 288 g/mol. The average molecular weight is 314 g/mol. The van der Waals surface area contributed by atoms with E-state index in [9.17, 15) is 14.4 Å². The van der Waals surface area contributed by atoms with Crippen molar-refractivity contribution in [2.75, 3.05) is 20.6 Å². The van der Waals surface area contributed by atoms with Crippen molar-refractivity contribution in [3.8, 4) is 0 Å². The lowest BCUT2D eigenvalue weighted by Gasteiger charge is -2.28. The maximum Gasteiger partial charge on any atom is 0.411 e. The van der Waals surface area contributed by atoms with Crippen LogP contribution in [0.25, 0.3) is 0 Å². The minimum absolute atomic E-state index is 0.172. The first-order valence-electron chi connectivity index (χ1n) is 7.45. The van der Waals surface area contributed by atoms with Crippen LogP contribution in [0.4, 0.5) is 4.79 Å². The van der Waals surface area contributed by atoms with Crippen LogP contribution < -0.4 is 0 Å². The Hall–Kier alpha value is -1.79. The molecule has 1 rings (SSSR count). The fourth-order valence-electron chi connectivity index (χ4n) is 2.21. The number of hydrogen-bond acceptors (Lipinski definition) is 5. The maximum absolute atomic E-state index is 12.3. The molecule has 0 spiro atoms. The highest BCUT2D eigenvalue weighted by molar-refractivity contribution is 5.86. The van der Waals surface area contributed by atoms with E-state index in [2.05, 4.69) is 0 Å². The van der Waals surface area contributed by atoms with Gasteiger partial charge in [-0.25, -0.2) is 4.79 Å². The number of ether oxygens (including phenoxy) is 2. The molecular formula is C15H26N2O5. The van der Waals surface area contributed by atoms with Crippen molar-refractivity contribution < 1.29 is 23.9 Å². The van der Waals surface area contributed by atoms with Gasteiger partial charge in [-0.2, -0.15) is 0 Å². The second-order valence-electron chi connectivity index (χ2n) is 6.58. The lowest BCUT2D eigenvalue weighted by atomic mass is 10.1. The van der Waals surface area contributed by atoms with E-state index in [1.807, 2.05) is 0 Å². The zero-order chi connectivity index (χ0) is 17.1. The van der Waals surface area contributed by atoms with Crippen molar-refractivity contribution in [2.45, 2.75) is 58.3 Å². The van der Waals surface area contributed by atoms with E-state index >= 15 is 0 Å². The minimum Gasteiger partial charge on any atom is -0.460 e. The molecule has 1 fully saturated rings. The van der Waals surface area contributed by atoms with Gasteiger partial charge in [-0.15, -0.1) is 0 Å². The second-order valence-corrected chi connectivity index (χ2v) is 6.58. The van der Waals surface area contributed by atoms with Gasteiger partial charge in [0.15, 0.2) is 0 Å². The lowest BCUT2D eigenvalue weighted by molar-refractivity contribution is -0.148. The molecule has 0 aromatic heterocycles. The van der Waals surface area contributed by atoms with E-state index in [0.717, 1.165) is 0 Å². The first-order valence-corrected chi connectivity index (χ1v) is 7.45. The van der Waals surface area contributed by atoms with E-state index in [1.54, 1.807) is 41.8 Å². The van der Waals surface area contributed by atoms with Crippen LogP contribution in [0.3, 0.4) is 0 Å². The summed E-state index contributed by atoms with van der Waals surface area (Å²) in [5.41, 5.74) is -0.652. The second kappa shape index (κ2) is 6.98. The summed E-state index contributed by atoms with van der Waals surface area (Å²) in [7, 11) is 3.25. The monoisotopic (exact) mass is 314 g/mol. The molecule has 0 N–H and O–H groups in total. The summed E-state index contributed by atoms with van der Waals surface area (Å²) in [6.07, 6.45) is -0.492. The number of hydrogen-bond donors (Lipinski definition) is 0. The predicted molar refractivity (Wildman–Crippen MR) is 80.2 cm³/mol. The Kier molecular flexibility index (Phi) is 5.79. The van der Waals surface area contributed by atoms with Gasteiger partial charge in [-0.1, -0.05) is 6.92 Å². The zero-order valence-corrected chi connectivity index (χ0v) is 14.2. The molecule has 0 radical (unpaired) electrons. The van der Waals surface area contributed by atoms with Crippen LogP contribution in [-0.2, 0) is 19.1 Å². The SMILES string of the molecule is CCC(=O)O[C@@H]1C[C@@H](C(=O)N(C)C)N(C(=O)OC(C)(C)C)C1. The van der Waals surface area contributed by atoms with Crippen molar-refractivity contribution in [1.29, 1.82) is 0 Å². The van der Waals surface area contributed by atoms with Crippen LogP contribution in [0.1, 0.15) is 40.5 Å². The maximum atomic E-state index is 12.3. The Balaban J connectivity index is 2.87. The largest absolute Gasteiger partial charge is 0.460 e. The molecule has 0 aromatic rings. The van der Waals surface area contributed by atoms with E-state index in [-0.39, 0.29) is 24.8 Å². The van der Waals surface area contributed by atoms with Gasteiger partial charge in [0.2, 0.25) is 5.91 Å². The first kappa shape index (κ1) is 18.3. The number of likely N-dealkylation sites (tertiary alicyclic amines) is 1. The Morgan fingerprint density at radius 1 is 1.23 bits per heavy atom. The van der Waals surface area contributed by atoms with Crippen LogP contribution in [0, 0.1) is 0 Å². The predicted octanol–water partition coefficient (Wildman–Crippen LogP) is 1.41. The molecule has 2 atom stereocenters. The molecule has 0 unspecified atom stereocenters. The Bertz CT molecular complexity index is 442. The van der Waals surface area contributed by atoms with E-state index in [0.29, 0.717) is 6.42 Å². The molecule has 7 heteroatoms. The third-order valence-electron chi connectivity index (χ3n) is 3.20. The molecule has 0 bridgehead atoms. The summed E-state index contributed by atoms with van der Waals surface area (Å²) in [5, 5.41) is 0. The summed E-state index contributed by atoms with van der Waals surface area (Å²) in [4.78, 5) is 38.8. The molecule has 126 valence electrons. The smallest absolute Gasteiger partial charge is 0.411 e. The topological polar surface area (TPSA) is 76.2 Å². The fourth-order valence-corrected chi connectivity index (χ4v) is 2.21. The molecule has 1 saturated heterocycles. The van der Waals surface area contributed by atoms with Gasteiger partial charge in [0.25, 0.3) is 0 Å². The zero-order valence-electron chi connectivity index (χ0n) is 14.2. The van der Waals surface area contributed by atoms with E-state index < -0.39 is 23.8 Å². The van der Waals surface area contributed by atoms with Gasteiger partial charge in [0.05, 0.1) is 6.54 Å². The molecule has 1 aliphatic rings. The van der Waals surface area contributed by atoms with Crippen molar-refractivity contribution in [3.63, 3.8) is 0 Å². The van der Waals surface area contributed by atoms with Crippen molar-refractivity contribution in [1.82, 2.24) is 9.80 Å². The van der Waals surface area contributed by atoms with Crippen molar-refractivity contribution in [3.05, 3.63) is 0 Å². The summed E-state index contributed by atoms with van der Waals surface area (Å²) < 4.78 is 10.6. The van der Waals surface area contributed by atoms with Crippen molar-refractivity contribution >= 4 is 18.0 Å². The normalized spacial score (nSPS) is 21.5. The standard InChI is InChI=1S/C15H26N2O5/c1-7-12(18)21-10-8-11(13(19)16(5)6)17(9-10)14(20)22-15(2,3)4/h10-11H,7-9H2,1-6H3/t10-,11+/m1/s1. The third kappa shape index (κ3) is 4.89. The highest BCUT2D eigenvalue weighted by Gasteiger charge is 2.43. The van der Waals surface area contributed by atoms with Gasteiger partial charge in [-0.3, -0.25) is 14.5 Å². The van der Waals surface area contributed by atoms with Crippen LogP contribution in [0.15, 0.2) is 0 Å². The van der Waals surface area contributed by atoms with Crippen LogP contribution in [0.5, 0.6) is 0 Å². The van der Waals surface area contributed by atoms with Crippen molar-refractivity contribution in [2.24, 2.45) is 0 Å². The molecule has 0 saturated carbocycles. The first-order chi connectivity index (χ1) is 10.0. The third-order valence-corrected chi connectivity index (χ3v) is 3.20. The quantitative estimate of drug-likeness (QED) is 0.736. The molecule has 1 aliphatic heterocycles. The fraction of sp³-hybridized carbons (Fsp3) is 0.800. The Labute approximate surface area is 131 Å². The summed E-state index contributed by atoms with van der Waals surface area (Å²) in [5.74, 6) is -0.548. The van der Waals surface area contributed by atoms with Gasteiger partial charge in [-0.05, 0) is 20.8 Å². The molecule has 22 heavy (non-hydrogen) atoms. The van der Waals surface area contributed by atoms with E-state index in [1.165, 1.54) is 9.80 Å². The van der Waals surface area contributed by atoms with Gasteiger partial charge in [0.1, 0.15) is 17.7 Å². The number of amides is 2. The number of carbonyl (C=O) groups is 3. The summed E-state index contributed by atoms with van der Waals surface area (Å²) >= 11 is 0. The Morgan fingerprint density at radius 3 is 2.27 bits per heavy atom. The van der Waals surface area contributed by atoms with Crippen LogP contribution in [-0.4, -0.2) is 66.2 Å². The average Bonchev–Trinajstić information content (AvgIpc) is 2.79. The Morgan fingerprint density at radius 2 is 1.82 bits per heavy atom. The molecule has 0 aromatic carbocycles. The minimum atomic E-state index is -0.667. The van der Waals surface area contributed by atoms with Crippen LogP contribution >= 0.6 is 0 Å². The number of nitrogens with zero attached hydrogens (tertiary/aromatic N) is 2. The van der Waals surface area contributed by atoms with Gasteiger partial charge in [0, 0.05) is 26.9 Å². The van der Waals surface area contributed by atoms with Gasteiger partial charge >= 0.3 is 12.1 Å². The molecule has 1 heterocycles. The number of rotatable bonds is 3. The highest BCUT2D eigenvalue weighted by Crippen LogP contribution is 2.24. The highest BCUT2D eigenvalue weighted by atomic mass is 16.6. The number of likely N-dealkylation sites (N-methyl/N-ethyl adjacent to an activating group) is 1. The lowest BCUT2D eigenvalue weighted by Crippen LogP contribution is -2.47. The van der Waals surface area contributed by atoms with Gasteiger partial charge < -0.3 is 14.4 Å². The molecule has 7 nitrogen and oxygen atoms in total. The van der Waals surface area contributed by atoms with Crippen LogP contribution in [0.2, 0.25) is 0 Å². The molecule has 2 amide bonds. The number of carbonyl (C=O) groups excluding carboxylic acids is 3. The summed E-state index contributed by atoms with van der Waals surface area (Å²) in [6, 6.07) is -0.667. The molecule has 0 aliphatic carbocycles. The number of esters is 1. The summed E-state index contributed by atoms with van der Waals surface area (Å²) in [6.45, 7) is 7.16.